The average Bonchev–Trinajstić information content (AvgIpc) is 2.87. The first kappa shape index (κ1) is 23.5. The molecule has 0 atom stereocenters. The third kappa shape index (κ3) is 6.23. The number of hydrogen-bond donors (Lipinski definition) is 2. The predicted octanol–water partition coefficient (Wildman–Crippen LogP) is 5.19. The summed E-state index contributed by atoms with van der Waals surface area (Å²) in [4.78, 5) is 24.9. The molecule has 35 heavy (non-hydrogen) atoms. The fourth-order valence-corrected chi connectivity index (χ4v) is 3.14. The summed E-state index contributed by atoms with van der Waals surface area (Å²) in [6.07, 6.45) is 0. The van der Waals surface area contributed by atoms with E-state index in [0.29, 0.717) is 11.4 Å². The van der Waals surface area contributed by atoms with Gasteiger partial charge in [-0.15, -0.1) is 0 Å². The Morgan fingerprint density at radius 3 is 1.40 bits per heavy atom. The van der Waals surface area contributed by atoms with E-state index in [1.165, 1.54) is 24.3 Å². The molecule has 0 saturated carbocycles. The molecule has 0 aliphatic carbocycles. The highest BCUT2D eigenvalue weighted by molar-refractivity contribution is 6.21. The second-order valence-corrected chi connectivity index (χ2v) is 7.33. The highest BCUT2D eigenvalue weighted by Gasteiger charge is 2.16. The second-order valence-electron chi connectivity index (χ2n) is 7.33. The average molecular weight is 472 g/mol. The number of nitrogens with one attached hydrogen (secondary N) is 2. The van der Waals surface area contributed by atoms with Gasteiger partial charge in [0, 0.05) is 11.4 Å². The van der Waals surface area contributed by atoms with Gasteiger partial charge < -0.3 is 19.9 Å². The highest BCUT2D eigenvalue weighted by atomic mass is 19.1. The topological polar surface area (TPSA) is 76.7 Å². The smallest absolute Gasteiger partial charge is 0.528 e. The lowest BCUT2D eigenvalue weighted by atomic mass is 10.1. The third-order valence-electron chi connectivity index (χ3n) is 4.88. The minimum Gasteiger partial charge on any atom is -0.528 e. The van der Waals surface area contributed by atoms with Crippen LogP contribution in [0.2, 0.25) is 0 Å². The Morgan fingerprint density at radius 2 is 1.00 bits per heavy atom. The normalized spacial score (nSPS) is 10.2. The van der Waals surface area contributed by atoms with Crippen molar-refractivity contribution in [3.63, 3.8) is 0 Å². The molecule has 4 aromatic carbocycles. The summed E-state index contributed by atoms with van der Waals surface area (Å²) < 4.78 is 39.3. The lowest BCUT2D eigenvalue weighted by molar-refractivity contribution is 0.101. The summed E-state index contributed by atoms with van der Waals surface area (Å²) in [5.74, 6) is -2.30. The molecule has 0 fully saturated rings. The lowest BCUT2D eigenvalue weighted by Crippen LogP contribution is -2.16. The van der Waals surface area contributed by atoms with E-state index in [9.17, 15) is 18.4 Å². The van der Waals surface area contributed by atoms with Crippen LogP contribution in [-0.2, 0) is 0 Å². The van der Waals surface area contributed by atoms with E-state index in [4.69, 9.17) is 9.31 Å². The van der Waals surface area contributed by atoms with E-state index >= 15 is 0 Å². The summed E-state index contributed by atoms with van der Waals surface area (Å²) in [6.45, 7) is 0. The van der Waals surface area contributed by atoms with Crippen molar-refractivity contribution in [3.8, 4) is 11.5 Å². The van der Waals surface area contributed by atoms with Crippen LogP contribution in [0.1, 0.15) is 20.7 Å². The molecule has 174 valence electrons. The summed E-state index contributed by atoms with van der Waals surface area (Å²) in [5.41, 5.74) is 0.644. The number of carbonyl (C=O) groups excluding carboxylic acids is 2. The van der Waals surface area contributed by atoms with E-state index < -0.39 is 23.4 Å². The van der Waals surface area contributed by atoms with Gasteiger partial charge in [-0.05, 0) is 60.7 Å². The van der Waals surface area contributed by atoms with Crippen molar-refractivity contribution in [1.82, 2.24) is 0 Å². The van der Waals surface area contributed by atoms with Gasteiger partial charge in [0.2, 0.25) is 0 Å². The largest absolute Gasteiger partial charge is 0.576 e. The van der Waals surface area contributed by atoms with Crippen LogP contribution in [0.5, 0.6) is 11.5 Å². The zero-order chi connectivity index (χ0) is 24.6. The van der Waals surface area contributed by atoms with Gasteiger partial charge in [-0.3, -0.25) is 9.59 Å². The number of hydrogen-bond acceptors (Lipinski definition) is 4. The molecule has 4 rings (SSSR count). The van der Waals surface area contributed by atoms with Crippen molar-refractivity contribution in [2.24, 2.45) is 0 Å². The number of benzene rings is 4. The molecule has 0 aliphatic heterocycles. The minimum absolute atomic E-state index is 0.189. The van der Waals surface area contributed by atoms with Crippen molar-refractivity contribution >= 4 is 30.9 Å². The summed E-state index contributed by atoms with van der Waals surface area (Å²) in [7, 11) is -0.323. The van der Waals surface area contributed by atoms with Gasteiger partial charge in [-0.1, -0.05) is 36.4 Å². The molecule has 0 heterocycles. The van der Waals surface area contributed by atoms with Crippen molar-refractivity contribution in [2.75, 3.05) is 10.6 Å². The van der Waals surface area contributed by atoms with E-state index in [1.807, 2.05) is 0 Å². The van der Waals surface area contributed by atoms with Crippen molar-refractivity contribution in [1.29, 1.82) is 0 Å². The van der Waals surface area contributed by atoms with Crippen molar-refractivity contribution in [2.45, 2.75) is 0 Å². The van der Waals surface area contributed by atoms with Gasteiger partial charge in [0.25, 0.3) is 11.8 Å². The molecule has 0 aromatic heterocycles. The van der Waals surface area contributed by atoms with Crippen LogP contribution in [0.3, 0.4) is 0 Å². The predicted molar refractivity (Wildman–Crippen MR) is 130 cm³/mol. The Kier molecular flexibility index (Phi) is 7.37. The first-order valence-electron chi connectivity index (χ1n) is 10.6. The molecule has 2 N–H and O–H groups in total. The van der Waals surface area contributed by atoms with Gasteiger partial charge in [-0.25, -0.2) is 8.78 Å². The highest BCUT2D eigenvalue weighted by Crippen LogP contribution is 2.21. The van der Waals surface area contributed by atoms with Crippen LogP contribution < -0.4 is 19.9 Å². The second kappa shape index (κ2) is 11.0. The number of halogens is 2. The summed E-state index contributed by atoms with van der Waals surface area (Å²) in [6, 6.07) is 24.7. The maximum atomic E-state index is 14.2. The van der Waals surface area contributed by atoms with Crippen molar-refractivity contribution in [3.05, 3.63) is 120 Å². The quantitative estimate of drug-likeness (QED) is 0.346. The Hall–Kier alpha value is -4.66. The maximum absolute atomic E-state index is 14.2. The third-order valence-corrected chi connectivity index (χ3v) is 4.88. The molecule has 9 heteroatoms. The maximum Gasteiger partial charge on any atom is 0.576 e. The Balaban J connectivity index is 1.38. The molecular formula is C26H19BF2N2O4. The van der Waals surface area contributed by atoms with Crippen LogP contribution >= 0.6 is 0 Å². The van der Waals surface area contributed by atoms with E-state index in [-0.39, 0.29) is 30.3 Å². The van der Waals surface area contributed by atoms with Gasteiger partial charge in [-0.2, -0.15) is 0 Å². The standard InChI is InChI=1S/C26H19BF2N2O4/c28-23-13-11-19(15-21(23)25(32)30-17-7-3-1-4-8-17)34-27-35-20-12-14-24(29)22(16-20)26(33)31-18-9-5-2-6-10-18/h1-16,27H,(H,30,32)(H,31,33). The summed E-state index contributed by atoms with van der Waals surface area (Å²) >= 11 is 0. The van der Waals surface area contributed by atoms with Crippen LogP contribution in [0.15, 0.2) is 97.1 Å². The van der Waals surface area contributed by atoms with E-state index in [1.54, 1.807) is 60.7 Å². The Morgan fingerprint density at radius 1 is 0.600 bits per heavy atom. The minimum atomic E-state index is -0.709. The molecular weight excluding hydrogens is 453 g/mol. The number of amides is 2. The fraction of sp³-hybridized carbons (Fsp3) is 0. The summed E-state index contributed by atoms with van der Waals surface area (Å²) in [5, 5.41) is 5.22. The molecule has 0 aliphatic rings. The van der Waals surface area contributed by atoms with Gasteiger partial charge in [0.15, 0.2) is 0 Å². The molecule has 0 bridgehead atoms. The van der Waals surface area contributed by atoms with Crippen LogP contribution in [0, 0.1) is 11.6 Å². The first-order chi connectivity index (χ1) is 17.0. The molecule has 6 nitrogen and oxygen atoms in total. The number of carbonyl (C=O) groups is 2. The monoisotopic (exact) mass is 472 g/mol. The zero-order valence-corrected chi connectivity index (χ0v) is 18.3. The van der Waals surface area contributed by atoms with Gasteiger partial charge in [0.05, 0.1) is 11.1 Å². The van der Waals surface area contributed by atoms with Crippen LogP contribution in [0.4, 0.5) is 20.2 Å². The first-order valence-corrected chi connectivity index (χ1v) is 10.6. The number of anilines is 2. The van der Waals surface area contributed by atoms with Gasteiger partial charge in [0.1, 0.15) is 23.1 Å². The molecule has 0 unspecified atom stereocenters. The molecule has 0 spiro atoms. The van der Waals surface area contributed by atoms with E-state index in [2.05, 4.69) is 10.6 Å². The van der Waals surface area contributed by atoms with Gasteiger partial charge >= 0.3 is 7.69 Å². The number of para-hydroxylation sites is 2. The number of rotatable bonds is 8. The molecule has 4 aromatic rings. The van der Waals surface area contributed by atoms with Crippen LogP contribution in [0.25, 0.3) is 0 Å². The molecule has 0 saturated heterocycles. The zero-order valence-electron chi connectivity index (χ0n) is 18.3. The Bertz CT molecular complexity index is 1240. The van der Waals surface area contributed by atoms with Crippen molar-refractivity contribution < 1.29 is 27.7 Å². The SMILES string of the molecule is O=C(Nc1ccccc1)c1cc(OBOc2ccc(F)c(C(=O)Nc3ccccc3)c2)ccc1F. The van der Waals surface area contributed by atoms with E-state index in [0.717, 1.165) is 12.1 Å². The Labute approximate surface area is 200 Å². The molecule has 0 radical (unpaired) electrons. The molecule has 2 amide bonds. The fourth-order valence-electron chi connectivity index (χ4n) is 3.14. The van der Waals surface area contributed by atoms with Crippen LogP contribution in [-0.4, -0.2) is 19.5 Å². The lowest BCUT2D eigenvalue weighted by Gasteiger charge is -2.11.